The van der Waals surface area contributed by atoms with E-state index in [9.17, 15) is 4.79 Å². The van der Waals surface area contributed by atoms with Gasteiger partial charge in [0.2, 0.25) is 0 Å². The number of rotatable bonds is 0. The average Bonchev–Trinajstić information content (AvgIpc) is 2.46. The predicted octanol–water partition coefficient (Wildman–Crippen LogP) is 2.89. The number of para-hydroxylation sites is 1. The van der Waals surface area contributed by atoms with Crippen molar-refractivity contribution >= 4 is 32.8 Å². The second-order valence-electron chi connectivity index (χ2n) is 4.33. The molecule has 0 saturated heterocycles. The van der Waals surface area contributed by atoms with E-state index < -0.39 is 0 Å². The molecule has 2 aromatic heterocycles. The molecule has 4 aromatic rings. The molecule has 4 nitrogen and oxygen atoms in total. The molecule has 0 radical (unpaired) electrons. The highest BCUT2D eigenvalue weighted by molar-refractivity contribution is 6.11. The Morgan fingerprint density at radius 3 is 2.47 bits per heavy atom. The van der Waals surface area contributed by atoms with E-state index in [2.05, 4.69) is 10.2 Å². The van der Waals surface area contributed by atoms with Crippen molar-refractivity contribution in [3.63, 3.8) is 0 Å². The SMILES string of the molecule is O=c1oc2ccccc2c2nnc3ccccc3c12. The average molecular weight is 248 g/mol. The molecule has 0 aliphatic rings. The van der Waals surface area contributed by atoms with Gasteiger partial charge in [0.15, 0.2) is 0 Å². The Bertz CT molecular complexity index is 989. The molecule has 4 heteroatoms. The summed E-state index contributed by atoms with van der Waals surface area (Å²) in [4.78, 5) is 12.2. The van der Waals surface area contributed by atoms with Gasteiger partial charge in [-0.05, 0) is 18.2 Å². The molecule has 0 unspecified atom stereocenters. The molecule has 0 atom stereocenters. The summed E-state index contributed by atoms with van der Waals surface area (Å²) >= 11 is 0. The third kappa shape index (κ3) is 1.37. The van der Waals surface area contributed by atoms with E-state index in [0.29, 0.717) is 22.0 Å². The van der Waals surface area contributed by atoms with Crippen LogP contribution in [0.3, 0.4) is 0 Å². The van der Waals surface area contributed by atoms with E-state index in [4.69, 9.17) is 4.42 Å². The molecule has 0 aliphatic heterocycles. The van der Waals surface area contributed by atoms with Gasteiger partial charge in [-0.25, -0.2) is 4.79 Å². The van der Waals surface area contributed by atoms with E-state index in [1.54, 1.807) is 6.07 Å². The molecule has 0 aliphatic carbocycles. The zero-order chi connectivity index (χ0) is 12.8. The Labute approximate surface area is 107 Å². The maximum Gasteiger partial charge on any atom is 0.346 e. The lowest BCUT2D eigenvalue weighted by Gasteiger charge is -2.03. The Morgan fingerprint density at radius 2 is 1.58 bits per heavy atom. The van der Waals surface area contributed by atoms with E-state index in [1.807, 2.05) is 42.5 Å². The Balaban J connectivity index is 2.39. The summed E-state index contributed by atoms with van der Waals surface area (Å²) < 4.78 is 5.36. The largest absolute Gasteiger partial charge is 0.422 e. The highest BCUT2D eigenvalue weighted by Gasteiger charge is 2.12. The maximum atomic E-state index is 12.2. The first-order chi connectivity index (χ1) is 9.34. The summed E-state index contributed by atoms with van der Waals surface area (Å²) in [6, 6.07) is 14.8. The summed E-state index contributed by atoms with van der Waals surface area (Å²) in [5, 5.41) is 10.4. The molecular weight excluding hydrogens is 240 g/mol. The van der Waals surface area contributed by atoms with Crippen LogP contribution in [0.15, 0.2) is 57.7 Å². The van der Waals surface area contributed by atoms with Gasteiger partial charge in [-0.1, -0.05) is 30.3 Å². The molecule has 0 spiro atoms. The molecule has 0 fully saturated rings. The summed E-state index contributed by atoms with van der Waals surface area (Å²) in [6.45, 7) is 0. The molecule has 19 heavy (non-hydrogen) atoms. The van der Waals surface area contributed by atoms with Crippen LogP contribution in [0.5, 0.6) is 0 Å². The fourth-order valence-electron chi connectivity index (χ4n) is 2.35. The van der Waals surface area contributed by atoms with Gasteiger partial charge in [-0.2, -0.15) is 0 Å². The van der Waals surface area contributed by atoms with E-state index >= 15 is 0 Å². The highest BCUT2D eigenvalue weighted by Crippen LogP contribution is 2.24. The van der Waals surface area contributed by atoms with Crippen LogP contribution in [0.2, 0.25) is 0 Å². The van der Waals surface area contributed by atoms with Crippen LogP contribution in [0.1, 0.15) is 0 Å². The van der Waals surface area contributed by atoms with Gasteiger partial charge in [0, 0.05) is 10.8 Å². The molecule has 4 rings (SSSR count). The van der Waals surface area contributed by atoms with Gasteiger partial charge >= 0.3 is 5.63 Å². The van der Waals surface area contributed by atoms with Gasteiger partial charge in [-0.15, -0.1) is 10.2 Å². The smallest absolute Gasteiger partial charge is 0.346 e. The number of nitrogens with zero attached hydrogens (tertiary/aromatic N) is 2. The summed E-state index contributed by atoms with van der Waals surface area (Å²) in [5.74, 6) is 0. The summed E-state index contributed by atoms with van der Waals surface area (Å²) in [6.07, 6.45) is 0. The summed E-state index contributed by atoms with van der Waals surface area (Å²) in [7, 11) is 0. The van der Waals surface area contributed by atoms with Crippen LogP contribution < -0.4 is 5.63 Å². The van der Waals surface area contributed by atoms with Crippen LogP contribution >= 0.6 is 0 Å². The van der Waals surface area contributed by atoms with Gasteiger partial charge in [0.1, 0.15) is 11.1 Å². The third-order valence-electron chi connectivity index (χ3n) is 3.22. The predicted molar refractivity (Wildman–Crippen MR) is 73.1 cm³/mol. The quantitative estimate of drug-likeness (QED) is 0.354. The van der Waals surface area contributed by atoms with Crippen molar-refractivity contribution in [2.24, 2.45) is 0 Å². The first-order valence-electron chi connectivity index (χ1n) is 5.91. The van der Waals surface area contributed by atoms with Gasteiger partial charge in [-0.3, -0.25) is 0 Å². The molecule has 0 saturated carbocycles. The van der Waals surface area contributed by atoms with Crippen LogP contribution in [-0.4, -0.2) is 10.2 Å². The maximum absolute atomic E-state index is 12.2. The molecule has 2 heterocycles. The lowest BCUT2D eigenvalue weighted by atomic mass is 10.1. The number of hydrogen-bond donors (Lipinski definition) is 0. The fourth-order valence-corrected chi connectivity index (χ4v) is 2.35. The van der Waals surface area contributed by atoms with E-state index in [1.165, 1.54) is 0 Å². The van der Waals surface area contributed by atoms with E-state index in [0.717, 1.165) is 10.8 Å². The van der Waals surface area contributed by atoms with Crippen LogP contribution in [0.4, 0.5) is 0 Å². The van der Waals surface area contributed by atoms with Gasteiger partial charge < -0.3 is 4.42 Å². The Morgan fingerprint density at radius 1 is 0.842 bits per heavy atom. The highest BCUT2D eigenvalue weighted by atomic mass is 16.4. The van der Waals surface area contributed by atoms with Gasteiger partial charge in [0.25, 0.3) is 0 Å². The third-order valence-corrected chi connectivity index (χ3v) is 3.22. The number of aromatic nitrogens is 2. The van der Waals surface area contributed by atoms with Gasteiger partial charge in [0.05, 0.1) is 10.9 Å². The molecule has 0 bridgehead atoms. The van der Waals surface area contributed by atoms with E-state index in [-0.39, 0.29) is 5.63 Å². The first-order valence-corrected chi connectivity index (χ1v) is 5.91. The lowest BCUT2D eigenvalue weighted by molar-refractivity contribution is 0.569. The van der Waals surface area contributed by atoms with Crippen molar-refractivity contribution < 1.29 is 4.42 Å². The van der Waals surface area contributed by atoms with Crippen molar-refractivity contribution in [3.05, 3.63) is 59.0 Å². The van der Waals surface area contributed by atoms with Crippen molar-refractivity contribution in [1.82, 2.24) is 10.2 Å². The number of hydrogen-bond acceptors (Lipinski definition) is 4. The Kier molecular flexibility index (Phi) is 1.94. The normalized spacial score (nSPS) is 11.4. The summed E-state index contributed by atoms with van der Waals surface area (Å²) in [5.41, 5.74) is 1.44. The van der Waals surface area contributed by atoms with Crippen molar-refractivity contribution in [3.8, 4) is 0 Å². The van der Waals surface area contributed by atoms with Crippen molar-refractivity contribution in [1.29, 1.82) is 0 Å². The second-order valence-corrected chi connectivity index (χ2v) is 4.33. The minimum absolute atomic E-state index is 0.375. The monoisotopic (exact) mass is 248 g/mol. The standard InChI is InChI=1S/C15H8N2O2/c18-15-13-9-5-1-3-7-11(9)16-17-14(13)10-6-2-4-8-12(10)19-15/h1-8H. The topological polar surface area (TPSA) is 56.0 Å². The minimum atomic E-state index is -0.375. The van der Waals surface area contributed by atoms with Crippen molar-refractivity contribution in [2.45, 2.75) is 0 Å². The number of benzene rings is 2. The van der Waals surface area contributed by atoms with Crippen LogP contribution in [0, 0.1) is 0 Å². The fraction of sp³-hybridized carbons (Fsp3) is 0. The molecular formula is C15H8N2O2. The first kappa shape index (κ1) is 10.2. The molecule has 2 aromatic carbocycles. The lowest BCUT2D eigenvalue weighted by Crippen LogP contribution is -2.03. The Hall–Kier alpha value is -2.75. The zero-order valence-corrected chi connectivity index (χ0v) is 9.83. The zero-order valence-electron chi connectivity index (χ0n) is 9.83. The molecule has 90 valence electrons. The molecule has 0 N–H and O–H groups in total. The molecule has 0 amide bonds. The van der Waals surface area contributed by atoms with Crippen molar-refractivity contribution in [2.75, 3.05) is 0 Å². The minimum Gasteiger partial charge on any atom is -0.422 e. The van der Waals surface area contributed by atoms with Crippen LogP contribution in [0.25, 0.3) is 32.8 Å². The second kappa shape index (κ2) is 3.62. The van der Waals surface area contributed by atoms with Crippen LogP contribution in [-0.2, 0) is 0 Å². The number of fused-ring (bicyclic) bond motifs is 5.